The van der Waals surface area contributed by atoms with Crippen molar-refractivity contribution in [1.29, 1.82) is 0 Å². The zero-order valence-electron chi connectivity index (χ0n) is 7.42. The van der Waals surface area contributed by atoms with E-state index >= 15 is 0 Å². The highest BCUT2D eigenvalue weighted by Gasteiger charge is 2.26. The second-order valence-corrected chi connectivity index (χ2v) is 3.92. The number of rotatable bonds is 0. The summed E-state index contributed by atoms with van der Waals surface area (Å²) in [5.41, 5.74) is -0.241. The summed E-state index contributed by atoms with van der Waals surface area (Å²) in [5.74, 6) is 0.214. The van der Waals surface area contributed by atoms with E-state index in [9.17, 15) is 4.79 Å². The van der Waals surface area contributed by atoms with Crippen LogP contribution in [0.4, 0.5) is 0 Å². The summed E-state index contributed by atoms with van der Waals surface area (Å²) in [7, 11) is 0. The summed E-state index contributed by atoms with van der Waals surface area (Å²) in [4.78, 5) is 13.3. The smallest absolute Gasteiger partial charge is 0.231 e. The van der Waals surface area contributed by atoms with Gasteiger partial charge in [0.25, 0.3) is 0 Å². The lowest BCUT2D eigenvalue weighted by Crippen LogP contribution is -2.34. The Kier molecular flexibility index (Phi) is 2.03. The molecule has 0 radical (unpaired) electrons. The predicted molar refractivity (Wildman–Crippen MR) is 44.9 cm³/mol. The van der Waals surface area contributed by atoms with E-state index in [2.05, 4.69) is 0 Å². The molecule has 0 aromatic carbocycles. The molecule has 0 aromatic rings. The van der Waals surface area contributed by atoms with Gasteiger partial charge in [-0.3, -0.25) is 4.79 Å². The minimum absolute atomic E-state index is 0.214. The van der Waals surface area contributed by atoms with Gasteiger partial charge in [-0.15, -0.1) is 0 Å². The monoisotopic (exact) mass is 153 g/mol. The molecule has 0 saturated carbocycles. The topological polar surface area (TPSA) is 20.3 Å². The van der Waals surface area contributed by atoms with Crippen LogP contribution in [0, 0.1) is 5.41 Å². The van der Waals surface area contributed by atoms with E-state index in [1.807, 2.05) is 33.0 Å². The van der Waals surface area contributed by atoms with Crippen molar-refractivity contribution in [3.05, 3.63) is 12.3 Å². The molecule has 1 rings (SSSR count). The van der Waals surface area contributed by atoms with Gasteiger partial charge in [0.05, 0.1) is 0 Å². The van der Waals surface area contributed by atoms with Crippen LogP contribution in [0.1, 0.15) is 27.2 Å². The lowest BCUT2D eigenvalue weighted by Gasteiger charge is -2.23. The van der Waals surface area contributed by atoms with E-state index in [-0.39, 0.29) is 11.3 Å². The number of carbonyl (C=O) groups is 1. The minimum Gasteiger partial charge on any atom is -0.319 e. The second-order valence-electron chi connectivity index (χ2n) is 3.92. The van der Waals surface area contributed by atoms with Gasteiger partial charge in [0, 0.05) is 18.2 Å². The fourth-order valence-corrected chi connectivity index (χ4v) is 1.09. The van der Waals surface area contributed by atoms with Gasteiger partial charge in [-0.1, -0.05) is 26.8 Å². The molecular weight excluding hydrogens is 138 g/mol. The van der Waals surface area contributed by atoms with Crippen molar-refractivity contribution in [1.82, 2.24) is 4.90 Å². The Morgan fingerprint density at radius 2 is 2.09 bits per heavy atom. The van der Waals surface area contributed by atoms with E-state index < -0.39 is 0 Å². The van der Waals surface area contributed by atoms with Crippen LogP contribution in [0.25, 0.3) is 0 Å². The molecule has 0 spiro atoms. The van der Waals surface area contributed by atoms with Crippen molar-refractivity contribution in [3.8, 4) is 0 Å². The van der Waals surface area contributed by atoms with Crippen LogP contribution in [-0.2, 0) is 4.79 Å². The summed E-state index contributed by atoms with van der Waals surface area (Å²) in [6, 6.07) is 0. The third kappa shape index (κ3) is 1.82. The highest BCUT2D eigenvalue weighted by Crippen LogP contribution is 2.19. The van der Waals surface area contributed by atoms with Gasteiger partial charge >= 0.3 is 0 Å². The first-order valence-corrected chi connectivity index (χ1v) is 3.99. The molecule has 0 bridgehead atoms. The van der Waals surface area contributed by atoms with Crippen molar-refractivity contribution in [2.45, 2.75) is 27.2 Å². The summed E-state index contributed by atoms with van der Waals surface area (Å²) < 4.78 is 0. The van der Waals surface area contributed by atoms with Crippen LogP contribution in [0.5, 0.6) is 0 Å². The van der Waals surface area contributed by atoms with Crippen LogP contribution in [0.2, 0.25) is 0 Å². The van der Waals surface area contributed by atoms with Crippen LogP contribution >= 0.6 is 0 Å². The van der Waals surface area contributed by atoms with Crippen LogP contribution < -0.4 is 0 Å². The van der Waals surface area contributed by atoms with Crippen LogP contribution in [0.3, 0.4) is 0 Å². The quantitative estimate of drug-likeness (QED) is 0.519. The maximum atomic E-state index is 11.5. The molecule has 1 heterocycles. The van der Waals surface area contributed by atoms with Crippen LogP contribution in [0.15, 0.2) is 12.3 Å². The van der Waals surface area contributed by atoms with Gasteiger partial charge in [-0.25, -0.2) is 0 Å². The first kappa shape index (κ1) is 8.31. The number of carbonyl (C=O) groups excluding carboxylic acids is 1. The SMILES string of the molecule is CC(C)(C)C(=O)N1C=CCC1. The van der Waals surface area contributed by atoms with Crippen molar-refractivity contribution < 1.29 is 4.79 Å². The van der Waals surface area contributed by atoms with Crippen molar-refractivity contribution in [2.75, 3.05) is 6.54 Å². The number of amides is 1. The average Bonchev–Trinajstić information content (AvgIpc) is 2.34. The summed E-state index contributed by atoms with van der Waals surface area (Å²) in [5, 5.41) is 0. The van der Waals surface area contributed by atoms with E-state index in [4.69, 9.17) is 0 Å². The van der Waals surface area contributed by atoms with Crippen LogP contribution in [-0.4, -0.2) is 17.4 Å². The normalized spacial score (nSPS) is 17.5. The zero-order chi connectivity index (χ0) is 8.48. The van der Waals surface area contributed by atoms with Gasteiger partial charge in [-0.05, 0) is 6.42 Å². The van der Waals surface area contributed by atoms with Gasteiger partial charge in [0.15, 0.2) is 0 Å². The summed E-state index contributed by atoms with van der Waals surface area (Å²) in [6.07, 6.45) is 4.92. The Hall–Kier alpha value is -0.790. The molecule has 0 aliphatic carbocycles. The zero-order valence-corrected chi connectivity index (χ0v) is 7.42. The number of hydrogen-bond donors (Lipinski definition) is 0. The lowest BCUT2D eigenvalue weighted by atomic mass is 9.95. The van der Waals surface area contributed by atoms with Gasteiger partial charge in [-0.2, -0.15) is 0 Å². The molecule has 0 atom stereocenters. The maximum absolute atomic E-state index is 11.5. The first-order valence-electron chi connectivity index (χ1n) is 3.99. The molecule has 0 aromatic heterocycles. The van der Waals surface area contributed by atoms with E-state index in [1.165, 1.54) is 0 Å². The average molecular weight is 153 g/mol. The van der Waals surface area contributed by atoms with Crippen molar-refractivity contribution in [3.63, 3.8) is 0 Å². The van der Waals surface area contributed by atoms with E-state index in [0.29, 0.717) is 0 Å². The molecule has 0 fully saturated rings. The van der Waals surface area contributed by atoms with Gasteiger partial charge in [0.2, 0.25) is 5.91 Å². The number of nitrogens with zero attached hydrogens (tertiary/aromatic N) is 1. The molecule has 62 valence electrons. The van der Waals surface area contributed by atoms with Crippen molar-refractivity contribution >= 4 is 5.91 Å². The fraction of sp³-hybridized carbons (Fsp3) is 0.667. The highest BCUT2D eigenvalue weighted by molar-refractivity contribution is 5.82. The van der Waals surface area contributed by atoms with Crippen molar-refractivity contribution in [2.24, 2.45) is 5.41 Å². The molecule has 0 N–H and O–H groups in total. The van der Waals surface area contributed by atoms with E-state index in [0.717, 1.165) is 13.0 Å². The molecule has 1 aliphatic heterocycles. The Morgan fingerprint density at radius 1 is 1.45 bits per heavy atom. The Labute approximate surface area is 67.9 Å². The molecule has 0 saturated heterocycles. The minimum atomic E-state index is -0.241. The maximum Gasteiger partial charge on any atom is 0.231 e. The molecule has 1 aliphatic rings. The largest absolute Gasteiger partial charge is 0.319 e. The third-order valence-electron chi connectivity index (χ3n) is 1.72. The fourth-order valence-electron chi connectivity index (χ4n) is 1.09. The molecule has 0 unspecified atom stereocenters. The predicted octanol–water partition coefficient (Wildman–Crippen LogP) is 1.78. The van der Waals surface area contributed by atoms with Gasteiger partial charge in [0.1, 0.15) is 0 Å². The second kappa shape index (κ2) is 2.68. The Morgan fingerprint density at radius 3 is 2.45 bits per heavy atom. The summed E-state index contributed by atoms with van der Waals surface area (Å²) in [6.45, 7) is 6.70. The first-order chi connectivity index (χ1) is 5.02. The Balaban J connectivity index is 2.61. The molecular formula is C9H15NO. The standard InChI is InChI=1S/C9H15NO/c1-9(2,3)8(11)10-6-4-5-7-10/h4,6H,5,7H2,1-3H3. The molecule has 2 heteroatoms. The molecule has 2 nitrogen and oxygen atoms in total. The third-order valence-corrected chi connectivity index (χ3v) is 1.72. The Bertz CT molecular complexity index is 188. The molecule has 1 amide bonds. The van der Waals surface area contributed by atoms with E-state index in [1.54, 1.807) is 4.90 Å². The molecule has 11 heavy (non-hydrogen) atoms. The van der Waals surface area contributed by atoms with Gasteiger partial charge < -0.3 is 4.90 Å². The summed E-state index contributed by atoms with van der Waals surface area (Å²) >= 11 is 0. The highest BCUT2D eigenvalue weighted by atomic mass is 16.2. The number of hydrogen-bond acceptors (Lipinski definition) is 1. The lowest BCUT2D eigenvalue weighted by molar-refractivity contribution is -0.136.